The van der Waals surface area contributed by atoms with Gasteiger partial charge >= 0.3 is 5.97 Å². The fourth-order valence-electron chi connectivity index (χ4n) is 5.52. The number of pyridine rings is 1. The molecule has 2 heterocycles. The molecule has 1 aromatic carbocycles. The molecule has 1 aliphatic heterocycles. The number of carbonyl (C=O) groups is 2. The van der Waals surface area contributed by atoms with Crippen LogP contribution in [0.4, 0.5) is 0 Å². The average molecular weight is 648 g/mol. The van der Waals surface area contributed by atoms with Gasteiger partial charge in [-0.2, -0.15) is 4.72 Å². The number of piperidine rings is 1. The number of aliphatic imine (C=N–C) groups is 1. The monoisotopic (exact) mass is 647 g/mol. The van der Waals surface area contributed by atoms with E-state index in [1.54, 1.807) is 35.6 Å². The van der Waals surface area contributed by atoms with Crippen molar-refractivity contribution in [1.29, 1.82) is 0 Å². The van der Waals surface area contributed by atoms with Crippen LogP contribution in [0.25, 0.3) is 10.9 Å². The van der Waals surface area contributed by atoms with E-state index in [0.717, 1.165) is 50.5 Å². The lowest BCUT2D eigenvalue weighted by Gasteiger charge is -2.34. The Labute approximate surface area is 264 Å². The Morgan fingerprint density at radius 2 is 1.93 bits per heavy atom. The smallest absolute Gasteiger partial charge is 0.305 e. The molecule has 1 amide bonds. The van der Waals surface area contributed by atoms with E-state index in [0.29, 0.717) is 42.9 Å². The molecule has 1 aliphatic rings. The molecule has 0 aliphatic carbocycles. The van der Waals surface area contributed by atoms with Crippen molar-refractivity contribution in [2.45, 2.75) is 89.0 Å². The van der Waals surface area contributed by atoms with Crippen molar-refractivity contribution in [3.8, 4) is 0 Å². The SMILES string of the molecule is CCOC(=O)CCCCCCC1CCN(C(=O)[C@H](CCCN=C(N)N[N+](=O)[O-])NS(=O)(=O)c2cccc3cc(C)cnc23)CC1. The minimum Gasteiger partial charge on any atom is -0.466 e. The van der Waals surface area contributed by atoms with E-state index in [9.17, 15) is 28.1 Å². The van der Waals surface area contributed by atoms with Gasteiger partial charge in [0, 0.05) is 37.6 Å². The maximum absolute atomic E-state index is 13.7. The molecule has 15 heteroatoms. The highest BCUT2D eigenvalue weighted by Gasteiger charge is 2.32. The summed E-state index contributed by atoms with van der Waals surface area (Å²) in [7, 11) is -4.14. The third-order valence-electron chi connectivity index (χ3n) is 7.81. The zero-order chi connectivity index (χ0) is 32.8. The molecule has 248 valence electrons. The summed E-state index contributed by atoms with van der Waals surface area (Å²) in [6.45, 7) is 5.19. The number of guanidine groups is 1. The van der Waals surface area contributed by atoms with E-state index in [1.165, 1.54) is 6.07 Å². The van der Waals surface area contributed by atoms with Crippen molar-refractivity contribution in [1.82, 2.24) is 20.0 Å². The molecule has 0 unspecified atom stereocenters. The predicted molar refractivity (Wildman–Crippen MR) is 170 cm³/mol. The van der Waals surface area contributed by atoms with Gasteiger partial charge in [0.1, 0.15) is 10.9 Å². The van der Waals surface area contributed by atoms with Gasteiger partial charge in [0.15, 0.2) is 5.03 Å². The van der Waals surface area contributed by atoms with Gasteiger partial charge in [-0.15, -0.1) is 0 Å². The molecule has 2 aromatic rings. The second-order valence-corrected chi connectivity index (χ2v) is 13.0. The Kier molecular flexibility index (Phi) is 13.9. The summed E-state index contributed by atoms with van der Waals surface area (Å²) in [6, 6.07) is 5.67. The van der Waals surface area contributed by atoms with Crippen LogP contribution in [0.15, 0.2) is 40.4 Å². The summed E-state index contributed by atoms with van der Waals surface area (Å²) >= 11 is 0. The first kappa shape index (κ1) is 35.6. The second-order valence-electron chi connectivity index (χ2n) is 11.3. The topological polar surface area (TPSA) is 199 Å². The molecular formula is C30H45N7O7S. The number of amides is 1. The zero-order valence-corrected chi connectivity index (χ0v) is 26.9. The molecule has 0 bridgehead atoms. The zero-order valence-electron chi connectivity index (χ0n) is 26.1. The molecule has 0 spiro atoms. The number of nitrogens with two attached hydrogens (primary N) is 1. The highest BCUT2D eigenvalue weighted by Crippen LogP contribution is 2.26. The number of hydrogen-bond acceptors (Lipinski definition) is 9. The molecule has 1 atom stereocenters. The van der Waals surface area contributed by atoms with E-state index in [1.807, 2.05) is 13.0 Å². The Hall–Kier alpha value is -3.85. The Morgan fingerprint density at radius 3 is 2.64 bits per heavy atom. The molecule has 0 radical (unpaired) electrons. The van der Waals surface area contributed by atoms with Gasteiger partial charge < -0.3 is 15.4 Å². The number of fused-ring (bicyclic) bond motifs is 1. The minimum atomic E-state index is -4.14. The molecule has 0 saturated carbocycles. The third-order valence-corrected chi connectivity index (χ3v) is 9.31. The lowest BCUT2D eigenvalue weighted by molar-refractivity contribution is -0.525. The molecule has 1 fully saturated rings. The Bertz CT molecular complexity index is 1440. The first-order valence-corrected chi connectivity index (χ1v) is 17.0. The van der Waals surface area contributed by atoms with Crippen LogP contribution < -0.4 is 15.9 Å². The fourth-order valence-corrected chi connectivity index (χ4v) is 6.92. The normalized spacial score (nSPS) is 15.2. The second kappa shape index (κ2) is 17.6. The number of nitro groups is 1. The molecule has 4 N–H and O–H groups in total. The van der Waals surface area contributed by atoms with Gasteiger partial charge in [0.25, 0.3) is 5.96 Å². The number of unbranched alkanes of at least 4 members (excludes halogenated alkanes) is 3. The van der Waals surface area contributed by atoms with Crippen molar-refractivity contribution in [2.24, 2.45) is 16.6 Å². The number of hydrogen-bond donors (Lipinski definition) is 3. The standard InChI is InChI=1S/C30H45N7O7S/c1-3-44-27(38)14-7-5-4-6-10-23-15-18-36(19-16-23)29(39)25(12-9-17-32-30(31)34-37(40)41)35-45(42,43)26-13-8-11-24-20-22(2)21-33-28(24)26/h8,11,13,20-21,23,25,35H,3-7,9-10,12,14-19H2,1-2H3,(H3,31,32,34)/t25-/m0/s1. The summed E-state index contributed by atoms with van der Waals surface area (Å²) in [5.74, 6) is -0.365. The summed E-state index contributed by atoms with van der Waals surface area (Å²) in [5, 5.41) is 10.4. The van der Waals surface area contributed by atoms with Crippen LogP contribution in [0.5, 0.6) is 0 Å². The highest BCUT2D eigenvalue weighted by atomic mass is 32.2. The number of hydrazine groups is 1. The molecule has 1 aromatic heterocycles. The summed E-state index contributed by atoms with van der Waals surface area (Å²) in [6.07, 6.45) is 9.01. The quantitative estimate of drug-likeness (QED) is 0.0572. The number of esters is 1. The molecular weight excluding hydrogens is 602 g/mol. The van der Waals surface area contributed by atoms with Crippen molar-refractivity contribution in [3.05, 3.63) is 46.1 Å². The Morgan fingerprint density at radius 1 is 1.20 bits per heavy atom. The summed E-state index contributed by atoms with van der Waals surface area (Å²) in [4.78, 5) is 45.7. The number of nitrogens with zero attached hydrogens (tertiary/aromatic N) is 4. The van der Waals surface area contributed by atoms with Crippen LogP contribution in [0.2, 0.25) is 0 Å². The number of benzene rings is 1. The first-order chi connectivity index (χ1) is 21.5. The van der Waals surface area contributed by atoms with E-state index >= 15 is 0 Å². The van der Waals surface area contributed by atoms with Crippen molar-refractivity contribution in [2.75, 3.05) is 26.2 Å². The van der Waals surface area contributed by atoms with Crippen LogP contribution in [0.1, 0.15) is 76.7 Å². The number of likely N-dealkylation sites (tertiary alicyclic amines) is 1. The van der Waals surface area contributed by atoms with E-state index in [2.05, 4.69) is 14.7 Å². The highest BCUT2D eigenvalue weighted by molar-refractivity contribution is 7.89. The van der Waals surface area contributed by atoms with E-state index < -0.39 is 21.1 Å². The average Bonchev–Trinajstić information content (AvgIpc) is 2.99. The maximum Gasteiger partial charge on any atom is 0.305 e. The van der Waals surface area contributed by atoms with Crippen molar-refractivity contribution >= 4 is 38.8 Å². The van der Waals surface area contributed by atoms with Crippen LogP contribution in [-0.2, 0) is 24.3 Å². The van der Waals surface area contributed by atoms with Gasteiger partial charge in [-0.05, 0) is 69.6 Å². The fraction of sp³-hybridized carbons (Fsp3) is 0.600. The summed E-state index contributed by atoms with van der Waals surface area (Å²) in [5.41, 5.74) is 8.45. The number of carbonyl (C=O) groups excluding carboxylic acids is 2. The predicted octanol–water partition coefficient (Wildman–Crippen LogP) is 3.21. The molecule has 45 heavy (non-hydrogen) atoms. The maximum atomic E-state index is 13.7. The van der Waals surface area contributed by atoms with Crippen LogP contribution in [0.3, 0.4) is 0 Å². The molecule has 3 rings (SSSR count). The minimum absolute atomic E-state index is 0.0174. The Balaban J connectivity index is 1.61. The summed E-state index contributed by atoms with van der Waals surface area (Å²) < 4.78 is 34.8. The van der Waals surface area contributed by atoms with E-state index in [-0.39, 0.29) is 42.1 Å². The number of sulfonamides is 1. The number of rotatable bonds is 17. The number of aromatic nitrogens is 1. The van der Waals surface area contributed by atoms with Gasteiger partial charge in [-0.3, -0.25) is 14.6 Å². The van der Waals surface area contributed by atoms with Crippen molar-refractivity contribution < 1.29 is 27.8 Å². The van der Waals surface area contributed by atoms with Gasteiger partial charge in [-0.1, -0.05) is 43.2 Å². The third kappa shape index (κ3) is 11.5. The number of para-hydroxylation sites is 1. The van der Waals surface area contributed by atoms with Crippen LogP contribution in [0, 0.1) is 23.0 Å². The number of nitrogens with one attached hydrogen (secondary N) is 2. The number of ether oxygens (including phenoxy) is 1. The van der Waals surface area contributed by atoms with Crippen LogP contribution in [-0.4, -0.2) is 73.5 Å². The first-order valence-electron chi connectivity index (χ1n) is 15.5. The van der Waals surface area contributed by atoms with Gasteiger partial charge in [0.05, 0.1) is 12.1 Å². The van der Waals surface area contributed by atoms with Crippen LogP contribution >= 0.6 is 0 Å². The lowest BCUT2D eigenvalue weighted by atomic mass is 9.90. The molecule has 14 nitrogen and oxygen atoms in total. The van der Waals surface area contributed by atoms with Gasteiger partial charge in [-0.25, -0.2) is 23.5 Å². The van der Waals surface area contributed by atoms with Gasteiger partial charge in [0.2, 0.25) is 15.9 Å². The largest absolute Gasteiger partial charge is 0.466 e. The number of aryl methyl sites for hydroxylation is 1. The molecule has 1 saturated heterocycles. The van der Waals surface area contributed by atoms with Crippen molar-refractivity contribution in [3.63, 3.8) is 0 Å². The lowest BCUT2D eigenvalue weighted by Crippen LogP contribution is -2.50. The van der Waals surface area contributed by atoms with E-state index in [4.69, 9.17) is 10.5 Å².